The van der Waals surface area contributed by atoms with Crippen LogP contribution in [0.4, 0.5) is 9.93 Å². The van der Waals surface area contributed by atoms with Gasteiger partial charge in [0.05, 0.1) is 6.61 Å². The van der Waals surface area contributed by atoms with Crippen molar-refractivity contribution in [2.75, 3.05) is 11.9 Å². The maximum absolute atomic E-state index is 11.1. The number of nitrogens with one attached hydrogen (secondary N) is 1. The molecule has 0 saturated carbocycles. The summed E-state index contributed by atoms with van der Waals surface area (Å²) in [7, 11) is 0. The van der Waals surface area contributed by atoms with Gasteiger partial charge in [-0.2, -0.15) is 4.37 Å². The fourth-order valence-electron chi connectivity index (χ4n) is 0.714. The largest absolute Gasteiger partial charge is 0.449 e. The molecular weight excluding hydrogens is 202 g/mol. The van der Waals surface area contributed by atoms with Crippen molar-refractivity contribution >= 4 is 22.8 Å². The summed E-state index contributed by atoms with van der Waals surface area (Å²) in [6, 6.07) is 0. The Morgan fingerprint density at radius 1 is 1.64 bits per heavy atom. The monoisotopic (exact) mass is 215 g/mol. The lowest BCUT2D eigenvalue weighted by atomic mass is 10.2. The maximum atomic E-state index is 11.1. The van der Waals surface area contributed by atoms with Crippen molar-refractivity contribution in [3.8, 4) is 0 Å². The lowest BCUT2D eigenvalue weighted by Crippen LogP contribution is -2.16. The van der Waals surface area contributed by atoms with Crippen molar-refractivity contribution in [1.29, 1.82) is 0 Å². The third-order valence-corrected chi connectivity index (χ3v) is 2.01. The Bertz CT molecular complexity index is 311. The summed E-state index contributed by atoms with van der Waals surface area (Å²) in [5.74, 6) is 0.978. The van der Waals surface area contributed by atoms with Gasteiger partial charge in [0.25, 0.3) is 0 Å². The second-order valence-corrected chi connectivity index (χ2v) is 4.02. The first-order chi connectivity index (χ1) is 6.58. The number of rotatable bonds is 3. The Labute approximate surface area is 86.7 Å². The van der Waals surface area contributed by atoms with Gasteiger partial charge in [-0.15, -0.1) is 0 Å². The van der Waals surface area contributed by atoms with Gasteiger partial charge in [0.1, 0.15) is 5.82 Å². The van der Waals surface area contributed by atoms with E-state index in [1.807, 2.05) is 13.8 Å². The van der Waals surface area contributed by atoms with Crippen LogP contribution in [-0.4, -0.2) is 22.1 Å². The molecule has 0 atom stereocenters. The molecule has 0 bridgehead atoms. The Morgan fingerprint density at radius 3 is 2.86 bits per heavy atom. The molecule has 0 unspecified atom stereocenters. The number of aryl methyl sites for hydroxylation is 1. The third-order valence-electron chi connectivity index (χ3n) is 1.28. The predicted molar refractivity (Wildman–Crippen MR) is 54.5 cm³/mol. The molecule has 0 fully saturated rings. The van der Waals surface area contributed by atoms with Crippen LogP contribution in [0.25, 0.3) is 0 Å². The molecule has 0 radical (unpaired) electrons. The number of hydrogen-bond acceptors (Lipinski definition) is 5. The first-order valence-electron chi connectivity index (χ1n) is 4.32. The van der Waals surface area contributed by atoms with Gasteiger partial charge >= 0.3 is 6.09 Å². The predicted octanol–water partition coefficient (Wildman–Crippen LogP) is 2.05. The first kappa shape index (κ1) is 10.9. The van der Waals surface area contributed by atoms with Crippen molar-refractivity contribution in [2.24, 2.45) is 5.92 Å². The van der Waals surface area contributed by atoms with Gasteiger partial charge in [-0.1, -0.05) is 13.8 Å². The summed E-state index contributed by atoms with van der Waals surface area (Å²) < 4.78 is 8.83. The molecule has 1 rings (SSSR count). The van der Waals surface area contributed by atoms with Crippen LogP contribution < -0.4 is 5.32 Å². The molecule has 14 heavy (non-hydrogen) atoms. The highest BCUT2D eigenvalue weighted by Gasteiger charge is 2.07. The van der Waals surface area contributed by atoms with E-state index in [4.69, 9.17) is 4.74 Å². The Morgan fingerprint density at radius 2 is 2.36 bits per heavy atom. The molecule has 1 aromatic rings. The average molecular weight is 215 g/mol. The summed E-state index contributed by atoms with van der Waals surface area (Å²) in [4.78, 5) is 15.1. The van der Waals surface area contributed by atoms with E-state index in [0.717, 1.165) is 11.5 Å². The summed E-state index contributed by atoms with van der Waals surface area (Å²) in [5.41, 5.74) is 0. The van der Waals surface area contributed by atoms with Crippen molar-refractivity contribution in [1.82, 2.24) is 9.36 Å². The van der Waals surface area contributed by atoms with Gasteiger partial charge in [-0.25, -0.2) is 9.78 Å². The SMILES string of the molecule is Cc1nsc(NC(=O)OCC(C)C)n1. The van der Waals surface area contributed by atoms with Gasteiger partial charge < -0.3 is 4.74 Å². The molecule has 0 saturated heterocycles. The molecule has 0 aliphatic heterocycles. The molecule has 0 spiro atoms. The fourth-order valence-corrected chi connectivity index (χ4v) is 1.27. The van der Waals surface area contributed by atoms with E-state index in [9.17, 15) is 4.79 Å². The van der Waals surface area contributed by atoms with Crippen molar-refractivity contribution < 1.29 is 9.53 Å². The average Bonchev–Trinajstić information content (AvgIpc) is 2.48. The molecule has 0 aliphatic rings. The third kappa shape index (κ3) is 3.69. The zero-order chi connectivity index (χ0) is 10.6. The van der Waals surface area contributed by atoms with Crippen LogP contribution in [0.2, 0.25) is 0 Å². The molecule has 5 nitrogen and oxygen atoms in total. The second-order valence-electron chi connectivity index (χ2n) is 3.26. The molecule has 78 valence electrons. The number of carbonyl (C=O) groups is 1. The van der Waals surface area contributed by atoms with Crippen LogP contribution in [0.5, 0.6) is 0 Å². The minimum Gasteiger partial charge on any atom is -0.449 e. The molecular formula is C8H13N3O2S. The fraction of sp³-hybridized carbons (Fsp3) is 0.625. The zero-order valence-corrected chi connectivity index (χ0v) is 9.22. The van der Waals surface area contributed by atoms with E-state index < -0.39 is 6.09 Å². The van der Waals surface area contributed by atoms with Gasteiger partial charge in [0.15, 0.2) is 0 Å². The normalized spacial score (nSPS) is 10.3. The Kier molecular flexibility index (Phi) is 3.82. The number of amides is 1. The summed E-state index contributed by atoms with van der Waals surface area (Å²) in [6.45, 7) is 6.12. The highest BCUT2D eigenvalue weighted by Crippen LogP contribution is 2.10. The molecule has 1 aromatic heterocycles. The van der Waals surface area contributed by atoms with E-state index in [1.165, 1.54) is 0 Å². The van der Waals surface area contributed by atoms with Crippen molar-refractivity contribution in [3.05, 3.63) is 5.82 Å². The molecule has 1 N–H and O–H groups in total. The van der Waals surface area contributed by atoms with Gasteiger partial charge in [-0.3, -0.25) is 5.32 Å². The van der Waals surface area contributed by atoms with Crippen molar-refractivity contribution in [3.63, 3.8) is 0 Å². The first-order valence-corrected chi connectivity index (χ1v) is 5.09. The van der Waals surface area contributed by atoms with Crippen molar-refractivity contribution in [2.45, 2.75) is 20.8 Å². The number of nitrogens with zero attached hydrogens (tertiary/aromatic N) is 2. The topological polar surface area (TPSA) is 64.1 Å². The second kappa shape index (κ2) is 4.90. The zero-order valence-electron chi connectivity index (χ0n) is 8.40. The molecule has 0 aliphatic carbocycles. The number of anilines is 1. The number of aromatic nitrogens is 2. The number of carbonyl (C=O) groups excluding carboxylic acids is 1. The summed E-state index contributed by atoms with van der Waals surface area (Å²) in [5, 5.41) is 2.97. The maximum Gasteiger partial charge on any atom is 0.413 e. The molecule has 1 heterocycles. The lowest BCUT2D eigenvalue weighted by Gasteiger charge is -2.06. The minimum absolute atomic E-state index is 0.330. The molecule has 1 amide bonds. The standard InChI is InChI=1S/C8H13N3O2S/c1-5(2)4-13-8(12)10-7-9-6(3)11-14-7/h5H,4H2,1-3H3,(H,9,10,11,12). The van der Waals surface area contributed by atoms with Crippen LogP contribution in [-0.2, 0) is 4.74 Å². The molecule has 0 aromatic carbocycles. The Hall–Kier alpha value is -1.17. The van der Waals surface area contributed by atoms with Crippen LogP contribution in [0.15, 0.2) is 0 Å². The summed E-state index contributed by atoms with van der Waals surface area (Å²) in [6.07, 6.45) is -0.477. The smallest absolute Gasteiger partial charge is 0.413 e. The quantitative estimate of drug-likeness (QED) is 0.838. The van der Waals surface area contributed by atoms with Crippen LogP contribution in [0, 0.1) is 12.8 Å². The Balaban J connectivity index is 2.34. The van der Waals surface area contributed by atoms with E-state index in [0.29, 0.717) is 23.5 Å². The minimum atomic E-state index is -0.477. The highest BCUT2D eigenvalue weighted by atomic mass is 32.1. The van der Waals surface area contributed by atoms with Crippen LogP contribution in [0.3, 0.4) is 0 Å². The number of ether oxygens (including phenoxy) is 1. The van der Waals surface area contributed by atoms with E-state index in [1.54, 1.807) is 6.92 Å². The van der Waals surface area contributed by atoms with Gasteiger partial charge in [-0.05, 0) is 12.8 Å². The lowest BCUT2D eigenvalue weighted by molar-refractivity contribution is 0.147. The molecule has 6 heteroatoms. The summed E-state index contributed by atoms with van der Waals surface area (Å²) >= 11 is 1.14. The number of hydrogen-bond donors (Lipinski definition) is 1. The van der Waals surface area contributed by atoms with Gasteiger partial charge in [0.2, 0.25) is 5.13 Å². The van der Waals surface area contributed by atoms with Crippen LogP contribution >= 0.6 is 11.5 Å². The highest BCUT2D eigenvalue weighted by molar-refractivity contribution is 7.09. The van der Waals surface area contributed by atoms with Gasteiger partial charge in [0, 0.05) is 11.5 Å². The van der Waals surface area contributed by atoms with E-state index in [2.05, 4.69) is 14.7 Å². The van der Waals surface area contributed by atoms with E-state index in [-0.39, 0.29) is 0 Å². The van der Waals surface area contributed by atoms with Crippen LogP contribution in [0.1, 0.15) is 19.7 Å². The van der Waals surface area contributed by atoms with E-state index >= 15 is 0 Å².